The summed E-state index contributed by atoms with van der Waals surface area (Å²) in [5.74, 6) is 0. The van der Waals surface area contributed by atoms with Gasteiger partial charge in [0.05, 0.1) is 0 Å². The summed E-state index contributed by atoms with van der Waals surface area (Å²) in [4.78, 5) is 0. The lowest BCUT2D eigenvalue weighted by Gasteiger charge is -2.10. The van der Waals surface area contributed by atoms with Crippen LogP contribution < -0.4 is 5.32 Å². The van der Waals surface area contributed by atoms with Gasteiger partial charge in [-0.05, 0) is 25.1 Å². The minimum atomic E-state index is -4.05. The summed E-state index contributed by atoms with van der Waals surface area (Å²) in [5, 5.41) is 3.15. The average molecular weight is 234 g/mol. The van der Waals surface area contributed by atoms with Crippen LogP contribution in [0.2, 0.25) is 0 Å². The molecule has 0 bridgehead atoms. The number of halogens is 3. The van der Waals surface area contributed by atoms with Gasteiger partial charge in [0.2, 0.25) is 0 Å². The minimum Gasteiger partial charge on any atom is -0.350 e. The van der Waals surface area contributed by atoms with Gasteiger partial charge in [0, 0.05) is 31.4 Å². The van der Waals surface area contributed by atoms with Crippen molar-refractivity contribution in [1.29, 1.82) is 0 Å². The molecule has 0 aliphatic heterocycles. The highest BCUT2D eigenvalue weighted by Crippen LogP contribution is 2.21. The van der Waals surface area contributed by atoms with Crippen LogP contribution in [0.15, 0.2) is 18.3 Å². The van der Waals surface area contributed by atoms with Gasteiger partial charge >= 0.3 is 6.18 Å². The number of aryl methyl sites for hydroxylation is 1. The van der Waals surface area contributed by atoms with Crippen molar-refractivity contribution in [2.75, 3.05) is 6.54 Å². The van der Waals surface area contributed by atoms with Crippen molar-refractivity contribution in [3.8, 4) is 0 Å². The zero-order valence-electron chi connectivity index (χ0n) is 9.35. The summed E-state index contributed by atoms with van der Waals surface area (Å²) in [6.45, 7) is 3.98. The molecule has 1 rings (SSSR count). The topological polar surface area (TPSA) is 17.0 Å². The van der Waals surface area contributed by atoms with Gasteiger partial charge in [0.1, 0.15) is 0 Å². The largest absolute Gasteiger partial charge is 0.389 e. The number of aromatic nitrogens is 1. The van der Waals surface area contributed by atoms with Gasteiger partial charge in [0.15, 0.2) is 0 Å². The Labute approximate surface area is 93.5 Å². The van der Waals surface area contributed by atoms with E-state index in [9.17, 15) is 13.2 Å². The minimum absolute atomic E-state index is 0.136. The van der Waals surface area contributed by atoms with Gasteiger partial charge in [-0.2, -0.15) is 13.2 Å². The molecule has 0 saturated heterocycles. The van der Waals surface area contributed by atoms with Gasteiger partial charge in [0.25, 0.3) is 0 Å². The van der Waals surface area contributed by atoms with Crippen LogP contribution in [0, 0.1) is 0 Å². The maximum atomic E-state index is 12.0. The van der Waals surface area contributed by atoms with Crippen LogP contribution in [-0.4, -0.2) is 17.3 Å². The fourth-order valence-electron chi connectivity index (χ4n) is 1.53. The first-order chi connectivity index (χ1) is 7.53. The summed E-state index contributed by atoms with van der Waals surface area (Å²) in [6.07, 6.45) is -2.80. The summed E-state index contributed by atoms with van der Waals surface area (Å²) < 4.78 is 37.8. The molecule has 0 atom stereocenters. The molecular formula is C11H17F3N2. The molecule has 0 aliphatic rings. The molecule has 0 unspecified atom stereocenters. The van der Waals surface area contributed by atoms with Crippen LogP contribution in [0.5, 0.6) is 0 Å². The van der Waals surface area contributed by atoms with E-state index in [2.05, 4.69) is 5.32 Å². The Morgan fingerprint density at radius 3 is 2.75 bits per heavy atom. The van der Waals surface area contributed by atoms with Crippen LogP contribution in [-0.2, 0) is 13.1 Å². The third-order valence-corrected chi connectivity index (χ3v) is 2.34. The van der Waals surface area contributed by atoms with E-state index in [1.807, 2.05) is 29.8 Å². The van der Waals surface area contributed by atoms with Gasteiger partial charge < -0.3 is 9.88 Å². The van der Waals surface area contributed by atoms with Gasteiger partial charge in [-0.25, -0.2) is 0 Å². The van der Waals surface area contributed by atoms with E-state index in [-0.39, 0.29) is 6.42 Å². The Balaban J connectivity index is 2.38. The second-order valence-electron chi connectivity index (χ2n) is 3.69. The van der Waals surface area contributed by atoms with Crippen LogP contribution in [0.25, 0.3) is 0 Å². The van der Waals surface area contributed by atoms with Crippen LogP contribution >= 0.6 is 0 Å². The van der Waals surface area contributed by atoms with E-state index in [1.165, 1.54) is 0 Å². The Morgan fingerprint density at radius 2 is 2.12 bits per heavy atom. The molecule has 0 aromatic carbocycles. The molecule has 0 spiro atoms. The quantitative estimate of drug-likeness (QED) is 0.800. The number of nitrogens with one attached hydrogen (secondary N) is 1. The molecule has 0 radical (unpaired) electrons. The molecule has 1 aromatic rings. The van der Waals surface area contributed by atoms with Gasteiger partial charge in [-0.3, -0.25) is 0 Å². The van der Waals surface area contributed by atoms with Gasteiger partial charge in [-0.1, -0.05) is 6.92 Å². The standard InChI is InChI=1S/C11H17F3N2/c1-2-15-9-10-5-3-7-16(10)8-4-6-11(12,13)14/h3,5,7,15H,2,4,6,8-9H2,1H3. The predicted molar refractivity (Wildman–Crippen MR) is 57.1 cm³/mol. The zero-order valence-corrected chi connectivity index (χ0v) is 9.35. The third kappa shape index (κ3) is 4.70. The molecule has 0 saturated carbocycles. The third-order valence-electron chi connectivity index (χ3n) is 2.34. The van der Waals surface area contributed by atoms with Crippen LogP contribution in [0.1, 0.15) is 25.5 Å². The lowest BCUT2D eigenvalue weighted by atomic mass is 10.3. The van der Waals surface area contributed by atoms with E-state index in [4.69, 9.17) is 0 Å². The lowest BCUT2D eigenvalue weighted by Crippen LogP contribution is -2.16. The molecular weight excluding hydrogens is 217 g/mol. The number of alkyl halides is 3. The molecule has 0 aliphatic carbocycles. The van der Waals surface area contributed by atoms with E-state index in [1.54, 1.807) is 0 Å². The number of nitrogens with zero attached hydrogens (tertiary/aromatic N) is 1. The van der Waals surface area contributed by atoms with E-state index >= 15 is 0 Å². The molecule has 0 amide bonds. The molecule has 0 fully saturated rings. The van der Waals surface area contributed by atoms with Crippen molar-refractivity contribution in [2.24, 2.45) is 0 Å². The van der Waals surface area contributed by atoms with Crippen LogP contribution in [0.4, 0.5) is 13.2 Å². The molecule has 92 valence electrons. The zero-order chi connectivity index (χ0) is 12.0. The van der Waals surface area contributed by atoms with Crippen molar-refractivity contribution >= 4 is 0 Å². The monoisotopic (exact) mass is 234 g/mol. The van der Waals surface area contributed by atoms with Crippen molar-refractivity contribution in [3.63, 3.8) is 0 Å². The SMILES string of the molecule is CCNCc1cccn1CCCC(F)(F)F. The second-order valence-corrected chi connectivity index (χ2v) is 3.69. The number of hydrogen-bond donors (Lipinski definition) is 1. The Kier molecular flexibility index (Phi) is 4.86. The summed E-state index contributed by atoms with van der Waals surface area (Å²) in [7, 11) is 0. The van der Waals surface area contributed by atoms with E-state index in [0.717, 1.165) is 12.2 Å². The average Bonchev–Trinajstić information content (AvgIpc) is 2.60. The fourth-order valence-corrected chi connectivity index (χ4v) is 1.53. The first-order valence-corrected chi connectivity index (χ1v) is 5.44. The second kappa shape index (κ2) is 5.94. The van der Waals surface area contributed by atoms with Crippen molar-refractivity contribution in [1.82, 2.24) is 9.88 Å². The maximum Gasteiger partial charge on any atom is 0.389 e. The van der Waals surface area contributed by atoms with E-state index in [0.29, 0.717) is 13.1 Å². The highest BCUT2D eigenvalue weighted by atomic mass is 19.4. The van der Waals surface area contributed by atoms with Gasteiger partial charge in [-0.15, -0.1) is 0 Å². The summed E-state index contributed by atoms with van der Waals surface area (Å²) in [6, 6.07) is 3.79. The smallest absolute Gasteiger partial charge is 0.350 e. The van der Waals surface area contributed by atoms with Crippen LogP contribution in [0.3, 0.4) is 0 Å². The highest BCUT2D eigenvalue weighted by Gasteiger charge is 2.26. The Morgan fingerprint density at radius 1 is 1.38 bits per heavy atom. The summed E-state index contributed by atoms with van der Waals surface area (Å²) in [5.41, 5.74) is 1.03. The first kappa shape index (κ1) is 13.1. The van der Waals surface area contributed by atoms with E-state index < -0.39 is 12.6 Å². The molecule has 5 heteroatoms. The molecule has 1 aromatic heterocycles. The molecule has 1 heterocycles. The lowest BCUT2D eigenvalue weighted by molar-refractivity contribution is -0.135. The summed E-state index contributed by atoms with van der Waals surface area (Å²) >= 11 is 0. The molecule has 16 heavy (non-hydrogen) atoms. The number of rotatable bonds is 6. The predicted octanol–water partition coefficient (Wildman–Crippen LogP) is 2.94. The first-order valence-electron chi connectivity index (χ1n) is 5.44. The highest BCUT2D eigenvalue weighted by molar-refractivity contribution is 5.06. The Hall–Kier alpha value is -0.970. The van der Waals surface area contributed by atoms with Crippen molar-refractivity contribution in [2.45, 2.75) is 39.0 Å². The van der Waals surface area contributed by atoms with Crippen molar-refractivity contribution in [3.05, 3.63) is 24.0 Å². The fraction of sp³-hybridized carbons (Fsp3) is 0.636. The Bertz CT molecular complexity index is 304. The number of hydrogen-bond acceptors (Lipinski definition) is 1. The van der Waals surface area contributed by atoms with Crippen molar-refractivity contribution < 1.29 is 13.2 Å². The molecule has 2 nitrogen and oxygen atoms in total. The maximum absolute atomic E-state index is 12.0. The normalized spacial score (nSPS) is 12.0. The molecule has 1 N–H and O–H groups in total.